The molecular formula is C8H16N2. The van der Waals surface area contributed by atoms with E-state index in [1.54, 1.807) is 0 Å². The minimum Gasteiger partial charge on any atom is -0.316 e. The first-order valence-electron chi connectivity index (χ1n) is 4.25. The standard InChI is InChI=1S/C8H16N2/c1-10-3-2-7(6-10)8-4-9-5-8/h7-9H,2-6H2,1H3. The van der Waals surface area contributed by atoms with Crippen molar-refractivity contribution in [3.8, 4) is 0 Å². The quantitative estimate of drug-likeness (QED) is 0.558. The Labute approximate surface area is 62.6 Å². The van der Waals surface area contributed by atoms with E-state index in [1.165, 1.54) is 32.6 Å². The van der Waals surface area contributed by atoms with Crippen LogP contribution in [0.2, 0.25) is 0 Å². The summed E-state index contributed by atoms with van der Waals surface area (Å²) in [6.45, 7) is 5.21. The summed E-state index contributed by atoms with van der Waals surface area (Å²) in [5.41, 5.74) is 0. The van der Waals surface area contributed by atoms with Gasteiger partial charge in [-0.15, -0.1) is 0 Å². The van der Waals surface area contributed by atoms with E-state index < -0.39 is 0 Å². The second-order valence-corrected chi connectivity index (χ2v) is 3.73. The van der Waals surface area contributed by atoms with Gasteiger partial charge in [0.05, 0.1) is 0 Å². The van der Waals surface area contributed by atoms with Crippen LogP contribution in [0.15, 0.2) is 0 Å². The highest BCUT2D eigenvalue weighted by molar-refractivity contribution is 4.86. The molecule has 0 saturated carbocycles. The maximum Gasteiger partial charge on any atom is 0.00107 e. The van der Waals surface area contributed by atoms with E-state index >= 15 is 0 Å². The molecule has 2 nitrogen and oxygen atoms in total. The molecule has 0 amide bonds. The van der Waals surface area contributed by atoms with Crippen LogP contribution in [-0.2, 0) is 0 Å². The summed E-state index contributed by atoms with van der Waals surface area (Å²) in [6.07, 6.45) is 1.43. The van der Waals surface area contributed by atoms with Crippen molar-refractivity contribution in [1.82, 2.24) is 10.2 Å². The molecule has 0 radical (unpaired) electrons. The molecule has 0 aliphatic carbocycles. The van der Waals surface area contributed by atoms with Crippen molar-refractivity contribution in [3.05, 3.63) is 0 Å². The second-order valence-electron chi connectivity index (χ2n) is 3.73. The number of hydrogen-bond donors (Lipinski definition) is 1. The Kier molecular flexibility index (Phi) is 1.66. The van der Waals surface area contributed by atoms with Gasteiger partial charge in [0.2, 0.25) is 0 Å². The molecule has 0 bridgehead atoms. The Morgan fingerprint density at radius 1 is 1.30 bits per heavy atom. The minimum atomic E-state index is 1.00. The third-order valence-electron chi connectivity index (χ3n) is 2.91. The summed E-state index contributed by atoms with van der Waals surface area (Å²) >= 11 is 0. The van der Waals surface area contributed by atoms with Crippen LogP contribution in [-0.4, -0.2) is 38.1 Å². The molecule has 1 unspecified atom stereocenters. The SMILES string of the molecule is CN1CCC(C2CNC2)C1. The molecule has 10 heavy (non-hydrogen) atoms. The van der Waals surface area contributed by atoms with Gasteiger partial charge in [-0.3, -0.25) is 0 Å². The Hall–Kier alpha value is -0.0800. The molecule has 2 rings (SSSR count). The normalized spacial score (nSPS) is 36.3. The van der Waals surface area contributed by atoms with Crippen LogP contribution in [0.5, 0.6) is 0 Å². The lowest BCUT2D eigenvalue weighted by molar-refractivity contribution is 0.234. The van der Waals surface area contributed by atoms with E-state index in [-0.39, 0.29) is 0 Å². The van der Waals surface area contributed by atoms with Gasteiger partial charge in [0.25, 0.3) is 0 Å². The van der Waals surface area contributed by atoms with Gasteiger partial charge in [-0.25, -0.2) is 0 Å². The highest BCUT2D eigenvalue weighted by Gasteiger charge is 2.30. The third-order valence-corrected chi connectivity index (χ3v) is 2.91. The summed E-state index contributed by atoms with van der Waals surface area (Å²) in [4.78, 5) is 2.45. The van der Waals surface area contributed by atoms with E-state index in [4.69, 9.17) is 0 Å². The van der Waals surface area contributed by atoms with Gasteiger partial charge in [0.1, 0.15) is 0 Å². The van der Waals surface area contributed by atoms with Crippen molar-refractivity contribution >= 4 is 0 Å². The Bertz CT molecular complexity index is 120. The molecule has 1 N–H and O–H groups in total. The van der Waals surface area contributed by atoms with E-state index in [9.17, 15) is 0 Å². The molecule has 2 heterocycles. The van der Waals surface area contributed by atoms with Crippen molar-refractivity contribution in [3.63, 3.8) is 0 Å². The molecule has 1 atom stereocenters. The summed E-state index contributed by atoms with van der Waals surface area (Å²) in [6, 6.07) is 0. The third kappa shape index (κ3) is 1.06. The fourth-order valence-electron chi connectivity index (χ4n) is 2.00. The molecule has 0 spiro atoms. The topological polar surface area (TPSA) is 15.3 Å². The largest absolute Gasteiger partial charge is 0.316 e. The fourth-order valence-corrected chi connectivity index (χ4v) is 2.00. The molecule has 2 heteroatoms. The predicted octanol–water partition coefficient (Wildman–Crippen LogP) is 0.158. The van der Waals surface area contributed by atoms with Crippen LogP contribution in [0.25, 0.3) is 0 Å². The zero-order valence-corrected chi connectivity index (χ0v) is 6.64. The van der Waals surface area contributed by atoms with E-state index in [0.717, 1.165) is 11.8 Å². The summed E-state index contributed by atoms with van der Waals surface area (Å²) in [5.74, 6) is 2.01. The van der Waals surface area contributed by atoms with Crippen molar-refractivity contribution in [2.24, 2.45) is 11.8 Å². The monoisotopic (exact) mass is 140 g/mol. The first kappa shape index (κ1) is 6.62. The van der Waals surface area contributed by atoms with Crippen LogP contribution in [0, 0.1) is 11.8 Å². The summed E-state index contributed by atoms with van der Waals surface area (Å²) in [7, 11) is 2.23. The van der Waals surface area contributed by atoms with Gasteiger partial charge in [-0.1, -0.05) is 0 Å². The summed E-state index contributed by atoms with van der Waals surface area (Å²) in [5, 5.41) is 3.33. The molecule has 58 valence electrons. The average molecular weight is 140 g/mol. The van der Waals surface area contributed by atoms with Gasteiger partial charge < -0.3 is 10.2 Å². The molecule has 2 saturated heterocycles. The lowest BCUT2D eigenvalue weighted by Gasteiger charge is -2.32. The van der Waals surface area contributed by atoms with Crippen molar-refractivity contribution in [2.45, 2.75) is 6.42 Å². The van der Waals surface area contributed by atoms with Crippen LogP contribution in [0.3, 0.4) is 0 Å². The van der Waals surface area contributed by atoms with Crippen LogP contribution < -0.4 is 5.32 Å². The summed E-state index contributed by atoms with van der Waals surface area (Å²) < 4.78 is 0. The maximum atomic E-state index is 3.33. The number of hydrogen-bond acceptors (Lipinski definition) is 2. The van der Waals surface area contributed by atoms with Crippen LogP contribution >= 0.6 is 0 Å². The Morgan fingerprint density at radius 2 is 2.10 bits per heavy atom. The Morgan fingerprint density at radius 3 is 2.50 bits per heavy atom. The zero-order valence-electron chi connectivity index (χ0n) is 6.64. The van der Waals surface area contributed by atoms with Gasteiger partial charge >= 0.3 is 0 Å². The Balaban J connectivity index is 1.82. The number of nitrogens with zero attached hydrogens (tertiary/aromatic N) is 1. The number of nitrogens with one attached hydrogen (secondary N) is 1. The maximum absolute atomic E-state index is 3.33. The highest BCUT2D eigenvalue weighted by atomic mass is 15.1. The molecule has 0 aromatic carbocycles. The van der Waals surface area contributed by atoms with E-state index in [2.05, 4.69) is 17.3 Å². The van der Waals surface area contributed by atoms with Crippen LogP contribution in [0.1, 0.15) is 6.42 Å². The van der Waals surface area contributed by atoms with Crippen molar-refractivity contribution < 1.29 is 0 Å². The van der Waals surface area contributed by atoms with Crippen molar-refractivity contribution in [2.75, 3.05) is 33.2 Å². The van der Waals surface area contributed by atoms with Gasteiger partial charge in [-0.05, 0) is 44.9 Å². The highest BCUT2D eigenvalue weighted by Crippen LogP contribution is 2.25. The van der Waals surface area contributed by atoms with Gasteiger partial charge in [-0.2, -0.15) is 0 Å². The van der Waals surface area contributed by atoms with Crippen LogP contribution in [0.4, 0.5) is 0 Å². The van der Waals surface area contributed by atoms with Gasteiger partial charge in [0.15, 0.2) is 0 Å². The average Bonchev–Trinajstić information content (AvgIpc) is 2.10. The first-order valence-corrected chi connectivity index (χ1v) is 4.25. The van der Waals surface area contributed by atoms with E-state index in [0.29, 0.717) is 0 Å². The molecular weight excluding hydrogens is 124 g/mol. The number of likely N-dealkylation sites (tertiary alicyclic amines) is 1. The van der Waals surface area contributed by atoms with E-state index in [1.807, 2.05) is 0 Å². The minimum absolute atomic E-state index is 1.00. The lowest BCUT2D eigenvalue weighted by Crippen LogP contribution is -2.46. The van der Waals surface area contributed by atoms with Gasteiger partial charge in [0, 0.05) is 6.54 Å². The predicted molar refractivity (Wildman–Crippen MR) is 42.0 cm³/mol. The fraction of sp³-hybridized carbons (Fsp3) is 1.00. The molecule has 0 aromatic rings. The number of rotatable bonds is 1. The molecule has 2 fully saturated rings. The molecule has 2 aliphatic rings. The molecule has 0 aromatic heterocycles. The van der Waals surface area contributed by atoms with Crippen molar-refractivity contribution in [1.29, 1.82) is 0 Å². The smallest absolute Gasteiger partial charge is 0.00107 e. The zero-order chi connectivity index (χ0) is 6.97. The lowest BCUT2D eigenvalue weighted by atomic mass is 9.87. The molecule has 2 aliphatic heterocycles. The first-order chi connectivity index (χ1) is 4.86. The second kappa shape index (κ2) is 2.51.